The predicted octanol–water partition coefficient (Wildman–Crippen LogP) is 0.309. The molecule has 0 fully saturated rings. The fourth-order valence-electron chi connectivity index (χ4n) is 2.84. The summed E-state index contributed by atoms with van der Waals surface area (Å²) in [7, 11) is 7.53. The third kappa shape index (κ3) is 2.61. The van der Waals surface area contributed by atoms with Crippen LogP contribution in [0.25, 0.3) is 11.2 Å². The summed E-state index contributed by atoms with van der Waals surface area (Å²) in [5.41, 5.74) is 0.301. The van der Waals surface area contributed by atoms with Gasteiger partial charge in [0.25, 0.3) is 5.56 Å². The minimum atomic E-state index is -0.349. The van der Waals surface area contributed by atoms with Gasteiger partial charge in [0, 0.05) is 14.1 Å². The molecule has 2 aromatic rings. The minimum Gasteiger partial charge on any atom is -0.325 e. The molecule has 2 rings (SSSR count). The first-order chi connectivity index (χ1) is 10.2. The molecule has 7 heteroatoms. The zero-order valence-electron chi connectivity index (χ0n) is 14.3. The van der Waals surface area contributed by atoms with Gasteiger partial charge >= 0.3 is 5.69 Å². The van der Waals surface area contributed by atoms with Gasteiger partial charge in [0.1, 0.15) is 6.04 Å². The van der Waals surface area contributed by atoms with E-state index in [0.29, 0.717) is 23.8 Å². The quantitative estimate of drug-likeness (QED) is 0.747. The lowest BCUT2D eigenvalue weighted by atomic mass is 10.2. The predicted molar refractivity (Wildman–Crippen MR) is 86.9 cm³/mol. The number of nitrogens with zero attached hydrogens (tertiary/aromatic N) is 5. The van der Waals surface area contributed by atoms with Gasteiger partial charge in [0.05, 0.1) is 33.5 Å². The van der Waals surface area contributed by atoms with E-state index in [0.717, 1.165) is 22.0 Å². The second-order valence-corrected chi connectivity index (χ2v) is 6.63. The van der Waals surface area contributed by atoms with Gasteiger partial charge in [-0.3, -0.25) is 13.9 Å². The number of imidazole rings is 1. The van der Waals surface area contributed by atoms with Gasteiger partial charge < -0.3 is 9.05 Å². The van der Waals surface area contributed by atoms with Crippen molar-refractivity contribution in [3.05, 3.63) is 27.2 Å². The van der Waals surface area contributed by atoms with Crippen LogP contribution in [0.2, 0.25) is 0 Å². The normalized spacial score (nSPS) is 13.7. The zero-order valence-corrected chi connectivity index (χ0v) is 14.3. The first-order valence-corrected chi connectivity index (χ1v) is 7.64. The standard InChI is InChI=1S/C15H26N5O2/c1-7-8-20(5,6)11(2)9-19-10-16-13-12(19)14(21)18(4)15(22)17(13)3/h10-11H,7-9H2,1-6H3/q+1. The number of hydrogen-bond donors (Lipinski definition) is 0. The van der Waals surface area contributed by atoms with Crippen LogP contribution in [-0.4, -0.2) is 49.9 Å². The summed E-state index contributed by atoms with van der Waals surface area (Å²) in [6.07, 6.45) is 2.77. The van der Waals surface area contributed by atoms with Crippen LogP contribution in [0.5, 0.6) is 0 Å². The van der Waals surface area contributed by atoms with Crippen LogP contribution in [0, 0.1) is 0 Å². The van der Waals surface area contributed by atoms with Crippen molar-refractivity contribution in [3.63, 3.8) is 0 Å². The second-order valence-electron chi connectivity index (χ2n) is 6.63. The number of aromatic nitrogens is 4. The van der Waals surface area contributed by atoms with Crippen LogP contribution in [0.3, 0.4) is 0 Å². The maximum atomic E-state index is 12.4. The maximum Gasteiger partial charge on any atom is 0.332 e. The van der Waals surface area contributed by atoms with E-state index in [1.165, 1.54) is 11.6 Å². The molecule has 122 valence electrons. The molecule has 1 atom stereocenters. The van der Waals surface area contributed by atoms with E-state index in [4.69, 9.17) is 0 Å². The second kappa shape index (κ2) is 5.72. The number of fused-ring (bicyclic) bond motifs is 1. The summed E-state index contributed by atoms with van der Waals surface area (Å²) in [5.74, 6) is 0. The Morgan fingerprint density at radius 3 is 2.45 bits per heavy atom. The molecule has 0 bridgehead atoms. The summed E-state index contributed by atoms with van der Waals surface area (Å²) < 4.78 is 5.31. The van der Waals surface area contributed by atoms with E-state index in [-0.39, 0.29) is 11.2 Å². The van der Waals surface area contributed by atoms with Crippen molar-refractivity contribution >= 4 is 11.2 Å². The number of hydrogen-bond acceptors (Lipinski definition) is 3. The van der Waals surface area contributed by atoms with Gasteiger partial charge in [-0.25, -0.2) is 9.78 Å². The number of aryl methyl sites for hydroxylation is 1. The molecule has 0 aliphatic rings. The highest BCUT2D eigenvalue weighted by molar-refractivity contribution is 5.69. The molecule has 0 spiro atoms. The van der Waals surface area contributed by atoms with Crippen LogP contribution in [0.4, 0.5) is 0 Å². The van der Waals surface area contributed by atoms with Crippen molar-refractivity contribution < 1.29 is 4.48 Å². The molecule has 22 heavy (non-hydrogen) atoms. The Balaban J connectivity index is 2.51. The highest BCUT2D eigenvalue weighted by Crippen LogP contribution is 2.13. The van der Waals surface area contributed by atoms with Gasteiger partial charge in [0.15, 0.2) is 11.2 Å². The largest absolute Gasteiger partial charge is 0.332 e. The molecule has 0 radical (unpaired) electrons. The lowest BCUT2D eigenvalue weighted by Crippen LogP contribution is -2.49. The van der Waals surface area contributed by atoms with E-state index in [9.17, 15) is 9.59 Å². The molecule has 0 N–H and O–H groups in total. The van der Waals surface area contributed by atoms with E-state index in [1.807, 2.05) is 4.57 Å². The van der Waals surface area contributed by atoms with E-state index in [1.54, 1.807) is 13.4 Å². The summed E-state index contributed by atoms with van der Waals surface area (Å²) in [6, 6.07) is 0.333. The average molecular weight is 308 g/mol. The highest BCUT2D eigenvalue weighted by Gasteiger charge is 2.25. The van der Waals surface area contributed by atoms with Gasteiger partial charge in [-0.2, -0.15) is 0 Å². The van der Waals surface area contributed by atoms with E-state index < -0.39 is 0 Å². The molecule has 0 saturated heterocycles. The smallest absolute Gasteiger partial charge is 0.325 e. The summed E-state index contributed by atoms with van der Waals surface area (Å²) in [5, 5.41) is 0. The van der Waals surface area contributed by atoms with Crippen LogP contribution in [0.15, 0.2) is 15.9 Å². The van der Waals surface area contributed by atoms with Crippen molar-refractivity contribution in [1.82, 2.24) is 18.7 Å². The Hall–Kier alpha value is -1.89. The number of quaternary nitrogens is 1. The molecule has 2 heterocycles. The summed E-state index contributed by atoms with van der Waals surface area (Å²) in [6.45, 7) is 6.11. The summed E-state index contributed by atoms with van der Waals surface area (Å²) in [4.78, 5) is 28.6. The van der Waals surface area contributed by atoms with Crippen LogP contribution >= 0.6 is 0 Å². The fourth-order valence-corrected chi connectivity index (χ4v) is 2.84. The summed E-state index contributed by atoms with van der Waals surface area (Å²) >= 11 is 0. The van der Waals surface area contributed by atoms with Crippen LogP contribution in [-0.2, 0) is 20.6 Å². The third-order valence-corrected chi connectivity index (χ3v) is 4.67. The van der Waals surface area contributed by atoms with Crippen molar-refractivity contribution in [2.75, 3.05) is 20.6 Å². The topological polar surface area (TPSA) is 61.8 Å². The Morgan fingerprint density at radius 2 is 1.86 bits per heavy atom. The molecule has 2 aromatic heterocycles. The molecule has 1 unspecified atom stereocenters. The SMILES string of the molecule is CCC[N+](C)(C)C(C)Cn1cnc2c1c(=O)n(C)c(=O)n2C. The number of likely N-dealkylation sites (N-methyl/N-ethyl adjacent to an activating group) is 1. The molecule has 0 amide bonds. The monoisotopic (exact) mass is 308 g/mol. The lowest BCUT2D eigenvalue weighted by molar-refractivity contribution is -0.913. The van der Waals surface area contributed by atoms with Gasteiger partial charge in [-0.1, -0.05) is 6.92 Å². The van der Waals surface area contributed by atoms with Gasteiger partial charge in [-0.15, -0.1) is 0 Å². The maximum absolute atomic E-state index is 12.4. The fraction of sp³-hybridized carbons (Fsp3) is 0.667. The van der Waals surface area contributed by atoms with Crippen LogP contribution in [0.1, 0.15) is 20.3 Å². The molecule has 0 aliphatic heterocycles. The molecule has 0 aromatic carbocycles. The third-order valence-electron chi connectivity index (χ3n) is 4.67. The Bertz CT molecular complexity index is 797. The number of rotatable bonds is 5. The van der Waals surface area contributed by atoms with Crippen molar-refractivity contribution in [2.24, 2.45) is 14.1 Å². The molecular formula is C15H26N5O2+. The van der Waals surface area contributed by atoms with Crippen LogP contribution < -0.4 is 11.2 Å². The minimum absolute atomic E-state index is 0.288. The molecular weight excluding hydrogens is 282 g/mol. The Labute approximate surface area is 130 Å². The first-order valence-electron chi connectivity index (χ1n) is 7.64. The van der Waals surface area contributed by atoms with Crippen molar-refractivity contribution in [2.45, 2.75) is 32.9 Å². The van der Waals surface area contributed by atoms with Gasteiger partial charge in [-0.05, 0) is 13.3 Å². The van der Waals surface area contributed by atoms with Crippen molar-refractivity contribution in [3.8, 4) is 0 Å². The molecule has 7 nitrogen and oxygen atoms in total. The Morgan fingerprint density at radius 1 is 1.23 bits per heavy atom. The Kier molecular flexibility index (Phi) is 4.28. The first kappa shape index (κ1) is 16.5. The zero-order chi connectivity index (χ0) is 16.7. The molecule has 0 aliphatic carbocycles. The van der Waals surface area contributed by atoms with Crippen molar-refractivity contribution in [1.29, 1.82) is 0 Å². The van der Waals surface area contributed by atoms with Gasteiger partial charge in [0.2, 0.25) is 0 Å². The highest BCUT2D eigenvalue weighted by atomic mass is 16.2. The average Bonchev–Trinajstić information content (AvgIpc) is 2.86. The van der Waals surface area contributed by atoms with E-state index in [2.05, 4.69) is 32.9 Å². The lowest BCUT2D eigenvalue weighted by Gasteiger charge is -2.36. The molecule has 0 saturated carbocycles. The van der Waals surface area contributed by atoms with E-state index >= 15 is 0 Å².